The minimum Gasteiger partial charge on any atom is -0.326 e. The van der Waals surface area contributed by atoms with Crippen LogP contribution in [0.2, 0.25) is 5.02 Å². The molecule has 1 fully saturated rings. The molecule has 1 heterocycles. The summed E-state index contributed by atoms with van der Waals surface area (Å²) >= 11 is 6.03. The molecule has 2 rings (SSSR count). The summed E-state index contributed by atoms with van der Waals surface area (Å²) < 4.78 is 0. The second-order valence-electron chi connectivity index (χ2n) is 4.88. The molecule has 0 spiro atoms. The zero-order chi connectivity index (χ0) is 13.0. The Hall–Kier alpha value is -1.06. The van der Waals surface area contributed by atoms with Crippen molar-refractivity contribution in [3.05, 3.63) is 28.8 Å². The van der Waals surface area contributed by atoms with Crippen LogP contribution in [0.5, 0.6) is 0 Å². The summed E-state index contributed by atoms with van der Waals surface area (Å²) in [5.74, 6) is 0.535. The van der Waals surface area contributed by atoms with E-state index >= 15 is 0 Å². The third-order valence-corrected chi connectivity index (χ3v) is 3.82. The largest absolute Gasteiger partial charge is 0.326 e. The van der Waals surface area contributed by atoms with Gasteiger partial charge in [0.15, 0.2) is 0 Å². The van der Waals surface area contributed by atoms with Gasteiger partial charge in [-0.2, -0.15) is 0 Å². The molecule has 0 saturated carbocycles. The van der Waals surface area contributed by atoms with Crippen molar-refractivity contribution in [1.82, 2.24) is 5.32 Å². The van der Waals surface area contributed by atoms with Gasteiger partial charge in [-0.05, 0) is 56.5 Å². The maximum Gasteiger partial charge on any atom is 0.224 e. The van der Waals surface area contributed by atoms with Crippen LogP contribution in [0.25, 0.3) is 0 Å². The lowest BCUT2D eigenvalue weighted by Crippen LogP contribution is -2.32. The molecule has 1 amide bonds. The van der Waals surface area contributed by atoms with E-state index in [1.54, 1.807) is 0 Å². The van der Waals surface area contributed by atoms with E-state index < -0.39 is 0 Å². The van der Waals surface area contributed by atoms with Crippen LogP contribution >= 0.6 is 11.6 Å². The van der Waals surface area contributed by atoms with Crippen LogP contribution < -0.4 is 10.6 Å². The molecule has 1 unspecified atom stereocenters. The Morgan fingerprint density at radius 3 is 3.11 bits per heavy atom. The first-order valence-corrected chi connectivity index (χ1v) is 6.80. The van der Waals surface area contributed by atoms with E-state index in [9.17, 15) is 4.79 Å². The van der Waals surface area contributed by atoms with Gasteiger partial charge >= 0.3 is 0 Å². The summed E-state index contributed by atoms with van der Waals surface area (Å²) in [7, 11) is 0. The summed E-state index contributed by atoms with van der Waals surface area (Å²) in [6.45, 7) is 3.94. The van der Waals surface area contributed by atoms with Crippen molar-refractivity contribution in [2.24, 2.45) is 5.92 Å². The highest BCUT2D eigenvalue weighted by Crippen LogP contribution is 2.23. The van der Waals surface area contributed by atoms with Crippen molar-refractivity contribution >= 4 is 23.2 Å². The number of carbonyl (C=O) groups is 1. The van der Waals surface area contributed by atoms with E-state index in [-0.39, 0.29) is 5.91 Å². The molecular formula is C14H19ClN2O. The number of carbonyl (C=O) groups excluding carboxylic acids is 1. The van der Waals surface area contributed by atoms with Gasteiger partial charge in [-0.25, -0.2) is 0 Å². The molecule has 0 bridgehead atoms. The van der Waals surface area contributed by atoms with E-state index in [0.717, 1.165) is 37.2 Å². The van der Waals surface area contributed by atoms with Gasteiger partial charge in [-0.1, -0.05) is 17.7 Å². The standard InChI is InChI=1S/C14H19ClN2O/c1-10-12(15)5-2-6-13(10)17-14(18)8-11-4-3-7-16-9-11/h2,5-6,11,16H,3-4,7-9H2,1H3,(H,17,18). The van der Waals surface area contributed by atoms with E-state index in [4.69, 9.17) is 11.6 Å². The third-order valence-electron chi connectivity index (χ3n) is 3.41. The normalized spacial score (nSPS) is 19.6. The second-order valence-corrected chi connectivity index (χ2v) is 5.28. The maximum atomic E-state index is 12.0. The van der Waals surface area contributed by atoms with Crippen LogP contribution in [0.4, 0.5) is 5.69 Å². The first kappa shape index (κ1) is 13.4. The third kappa shape index (κ3) is 3.47. The number of nitrogens with one attached hydrogen (secondary N) is 2. The summed E-state index contributed by atoms with van der Waals surface area (Å²) in [4.78, 5) is 12.0. The maximum absolute atomic E-state index is 12.0. The van der Waals surface area contributed by atoms with Crippen molar-refractivity contribution in [3.63, 3.8) is 0 Å². The molecule has 1 saturated heterocycles. The first-order valence-electron chi connectivity index (χ1n) is 6.42. The predicted molar refractivity (Wildman–Crippen MR) is 75.0 cm³/mol. The van der Waals surface area contributed by atoms with Gasteiger partial charge in [0, 0.05) is 17.1 Å². The second kappa shape index (κ2) is 6.21. The summed E-state index contributed by atoms with van der Waals surface area (Å²) in [6, 6.07) is 5.57. The molecule has 0 radical (unpaired) electrons. The average molecular weight is 267 g/mol. The number of amides is 1. The highest BCUT2D eigenvalue weighted by Gasteiger charge is 2.17. The molecule has 0 aliphatic carbocycles. The number of anilines is 1. The molecule has 18 heavy (non-hydrogen) atoms. The molecule has 1 aromatic carbocycles. The van der Waals surface area contributed by atoms with Crippen molar-refractivity contribution in [2.75, 3.05) is 18.4 Å². The molecule has 2 N–H and O–H groups in total. The number of halogens is 1. The highest BCUT2D eigenvalue weighted by molar-refractivity contribution is 6.31. The van der Waals surface area contributed by atoms with E-state index in [0.29, 0.717) is 17.4 Å². The van der Waals surface area contributed by atoms with Gasteiger partial charge in [0.2, 0.25) is 5.91 Å². The van der Waals surface area contributed by atoms with Gasteiger partial charge in [0.25, 0.3) is 0 Å². The Bertz CT molecular complexity index is 428. The monoisotopic (exact) mass is 266 g/mol. The van der Waals surface area contributed by atoms with Crippen LogP contribution in [0.3, 0.4) is 0 Å². The Kier molecular flexibility index (Phi) is 4.61. The van der Waals surface area contributed by atoms with E-state index in [1.807, 2.05) is 25.1 Å². The van der Waals surface area contributed by atoms with Crippen molar-refractivity contribution in [2.45, 2.75) is 26.2 Å². The van der Waals surface area contributed by atoms with Gasteiger partial charge in [0.1, 0.15) is 0 Å². The zero-order valence-electron chi connectivity index (χ0n) is 10.6. The lowest BCUT2D eigenvalue weighted by molar-refractivity contribution is -0.117. The molecule has 1 atom stereocenters. The summed E-state index contributed by atoms with van der Waals surface area (Å²) in [5.41, 5.74) is 1.74. The van der Waals surface area contributed by atoms with Crippen molar-refractivity contribution in [1.29, 1.82) is 0 Å². The van der Waals surface area contributed by atoms with Gasteiger partial charge in [-0.3, -0.25) is 4.79 Å². The Morgan fingerprint density at radius 2 is 2.39 bits per heavy atom. The lowest BCUT2D eigenvalue weighted by atomic mass is 9.96. The fraction of sp³-hybridized carbons (Fsp3) is 0.500. The Labute approximate surface area is 113 Å². The average Bonchev–Trinajstić information content (AvgIpc) is 2.36. The SMILES string of the molecule is Cc1c(Cl)cccc1NC(=O)CC1CCCNC1. The lowest BCUT2D eigenvalue weighted by Gasteiger charge is -2.22. The summed E-state index contributed by atoms with van der Waals surface area (Å²) in [5, 5.41) is 6.96. The molecule has 3 nitrogen and oxygen atoms in total. The molecule has 4 heteroatoms. The van der Waals surface area contributed by atoms with Crippen LogP contribution in [-0.2, 0) is 4.79 Å². The fourth-order valence-electron chi connectivity index (χ4n) is 2.30. The molecule has 1 aliphatic rings. The van der Waals surface area contributed by atoms with Gasteiger partial charge in [-0.15, -0.1) is 0 Å². The number of hydrogen-bond acceptors (Lipinski definition) is 2. The van der Waals surface area contributed by atoms with Gasteiger partial charge in [0.05, 0.1) is 0 Å². The van der Waals surface area contributed by atoms with Crippen molar-refractivity contribution < 1.29 is 4.79 Å². The number of piperidine rings is 1. The smallest absolute Gasteiger partial charge is 0.224 e. The van der Waals surface area contributed by atoms with Crippen LogP contribution in [-0.4, -0.2) is 19.0 Å². The highest BCUT2D eigenvalue weighted by atomic mass is 35.5. The molecular weight excluding hydrogens is 248 g/mol. The Morgan fingerprint density at radius 1 is 1.56 bits per heavy atom. The van der Waals surface area contributed by atoms with Crippen molar-refractivity contribution in [3.8, 4) is 0 Å². The number of hydrogen-bond donors (Lipinski definition) is 2. The molecule has 0 aromatic heterocycles. The fourth-order valence-corrected chi connectivity index (χ4v) is 2.48. The topological polar surface area (TPSA) is 41.1 Å². The number of benzene rings is 1. The number of rotatable bonds is 3. The molecule has 98 valence electrons. The van der Waals surface area contributed by atoms with Crippen LogP contribution in [0.1, 0.15) is 24.8 Å². The molecule has 1 aromatic rings. The predicted octanol–water partition coefficient (Wildman–Crippen LogP) is 2.98. The van der Waals surface area contributed by atoms with Gasteiger partial charge < -0.3 is 10.6 Å². The minimum atomic E-state index is 0.0778. The van der Waals surface area contributed by atoms with Crippen LogP contribution in [0, 0.1) is 12.8 Å². The van der Waals surface area contributed by atoms with E-state index in [1.165, 1.54) is 0 Å². The summed E-state index contributed by atoms with van der Waals surface area (Å²) in [6.07, 6.45) is 2.88. The quantitative estimate of drug-likeness (QED) is 0.883. The molecule has 1 aliphatic heterocycles. The Balaban J connectivity index is 1.92. The zero-order valence-corrected chi connectivity index (χ0v) is 11.4. The van der Waals surface area contributed by atoms with E-state index in [2.05, 4.69) is 10.6 Å². The minimum absolute atomic E-state index is 0.0778. The van der Waals surface area contributed by atoms with Crippen LogP contribution in [0.15, 0.2) is 18.2 Å². The first-order chi connectivity index (χ1) is 8.66.